The van der Waals surface area contributed by atoms with Crippen LogP contribution < -0.4 is 10.6 Å². The van der Waals surface area contributed by atoms with Crippen molar-refractivity contribution in [3.8, 4) is 0 Å². The fraction of sp³-hybridized carbons (Fsp3) is 0.211. The van der Waals surface area contributed by atoms with E-state index in [4.69, 9.17) is 0 Å². The Morgan fingerprint density at radius 1 is 0.920 bits per heavy atom. The zero-order valence-corrected chi connectivity index (χ0v) is 13.9. The Labute approximate surface area is 145 Å². The van der Waals surface area contributed by atoms with E-state index in [-0.39, 0.29) is 30.9 Å². The van der Waals surface area contributed by atoms with E-state index in [9.17, 15) is 14.4 Å². The number of rotatable bonds is 5. The maximum Gasteiger partial charge on any atom is 0.315 e. The topological polar surface area (TPSA) is 78.5 Å². The SMILES string of the molecule is Cc1ccc(CNC(=O)NCCN2C(=O)c3ccccc3C2=O)cc1. The van der Waals surface area contributed by atoms with Crippen molar-refractivity contribution < 1.29 is 14.4 Å². The van der Waals surface area contributed by atoms with Crippen LogP contribution in [0.25, 0.3) is 0 Å². The van der Waals surface area contributed by atoms with Crippen LogP contribution in [0.2, 0.25) is 0 Å². The number of urea groups is 1. The summed E-state index contributed by atoms with van der Waals surface area (Å²) >= 11 is 0. The van der Waals surface area contributed by atoms with E-state index >= 15 is 0 Å². The van der Waals surface area contributed by atoms with Gasteiger partial charge in [-0.05, 0) is 24.6 Å². The van der Waals surface area contributed by atoms with E-state index in [0.29, 0.717) is 17.7 Å². The second-order valence-electron chi connectivity index (χ2n) is 5.90. The van der Waals surface area contributed by atoms with Gasteiger partial charge in [-0.3, -0.25) is 14.5 Å². The molecule has 4 amide bonds. The first-order valence-corrected chi connectivity index (χ1v) is 8.09. The Balaban J connectivity index is 1.45. The van der Waals surface area contributed by atoms with E-state index in [1.165, 1.54) is 0 Å². The molecule has 3 rings (SSSR count). The Hall–Kier alpha value is -3.15. The summed E-state index contributed by atoms with van der Waals surface area (Å²) in [4.78, 5) is 37.4. The third kappa shape index (κ3) is 3.68. The van der Waals surface area contributed by atoms with E-state index in [1.54, 1.807) is 24.3 Å². The van der Waals surface area contributed by atoms with Gasteiger partial charge in [0.2, 0.25) is 0 Å². The molecule has 2 aromatic rings. The van der Waals surface area contributed by atoms with E-state index in [2.05, 4.69) is 10.6 Å². The molecule has 2 N–H and O–H groups in total. The van der Waals surface area contributed by atoms with Crippen molar-refractivity contribution in [2.75, 3.05) is 13.1 Å². The number of carbonyl (C=O) groups is 3. The molecule has 25 heavy (non-hydrogen) atoms. The monoisotopic (exact) mass is 337 g/mol. The lowest BCUT2D eigenvalue weighted by molar-refractivity contribution is 0.0656. The molecule has 2 aromatic carbocycles. The fourth-order valence-corrected chi connectivity index (χ4v) is 2.67. The van der Waals surface area contributed by atoms with Crippen LogP contribution in [-0.2, 0) is 6.54 Å². The summed E-state index contributed by atoms with van der Waals surface area (Å²) in [6.07, 6.45) is 0. The molecule has 0 radical (unpaired) electrons. The number of hydrogen-bond donors (Lipinski definition) is 2. The predicted octanol–water partition coefficient (Wildman–Crippen LogP) is 2.09. The van der Waals surface area contributed by atoms with Crippen LogP contribution in [0.4, 0.5) is 4.79 Å². The summed E-state index contributed by atoms with van der Waals surface area (Å²) in [7, 11) is 0. The van der Waals surface area contributed by atoms with Gasteiger partial charge in [0.05, 0.1) is 11.1 Å². The second-order valence-corrected chi connectivity index (χ2v) is 5.90. The molecule has 0 saturated carbocycles. The normalized spacial score (nSPS) is 12.9. The molecule has 128 valence electrons. The number of amides is 4. The van der Waals surface area contributed by atoms with Crippen molar-refractivity contribution in [3.05, 3.63) is 70.8 Å². The van der Waals surface area contributed by atoms with Gasteiger partial charge in [0.1, 0.15) is 0 Å². The number of fused-ring (bicyclic) bond motifs is 1. The van der Waals surface area contributed by atoms with E-state index < -0.39 is 0 Å². The molecule has 6 heteroatoms. The van der Waals surface area contributed by atoms with Crippen LogP contribution in [0, 0.1) is 6.92 Å². The third-order valence-electron chi connectivity index (χ3n) is 4.07. The maximum absolute atomic E-state index is 12.2. The molecule has 0 saturated heterocycles. The highest BCUT2D eigenvalue weighted by molar-refractivity contribution is 6.21. The van der Waals surface area contributed by atoms with Crippen molar-refractivity contribution in [2.24, 2.45) is 0 Å². The van der Waals surface area contributed by atoms with Gasteiger partial charge in [0.15, 0.2) is 0 Å². The highest BCUT2D eigenvalue weighted by Crippen LogP contribution is 2.21. The Kier molecular flexibility index (Phi) is 4.79. The molecule has 0 aliphatic carbocycles. The average Bonchev–Trinajstić information content (AvgIpc) is 2.86. The van der Waals surface area contributed by atoms with Crippen LogP contribution in [0.5, 0.6) is 0 Å². The van der Waals surface area contributed by atoms with Gasteiger partial charge in [0.25, 0.3) is 11.8 Å². The van der Waals surface area contributed by atoms with Gasteiger partial charge >= 0.3 is 6.03 Å². The zero-order valence-electron chi connectivity index (χ0n) is 13.9. The molecule has 0 aromatic heterocycles. The molecule has 1 aliphatic heterocycles. The zero-order chi connectivity index (χ0) is 17.8. The lowest BCUT2D eigenvalue weighted by Gasteiger charge is -2.14. The molecule has 0 bridgehead atoms. The Morgan fingerprint density at radius 3 is 2.12 bits per heavy atom. The van der Waals surface area contributed by atoms with Crippen LogP contribution >= 0.6 is 0 Å². The van der Waals surface area contributed by atoms with Crippen LogP contribution in [0.1, 0.15) is 31.8 Å². The first kappa shape index (κ1) is 16.7. The minimum atomic E-state index is -0.336. The van der Waals surface area contributed by atoms with Crippen molar-refractivity contribution >= 4 is 17.8 Å². The first-order valence-electron chi connectivity index (χ1n) is 8.09. The number of imide groups is 1. The summed E-state index contributed by atoms with van der Waals surface area (Å²) in [5.74, 6) is -0.634. The van der Waals surface area contributed by atoms with Crippen molar-refractivity contribution in [1.29, 1.82) is 0 Å². The number of aryl methyl sites for hydroxylation is 1. The summed E-state index contributed by atoms with van der Waals surface area (Å²) in [5.41, 5.74) is 2.99. The molecule has 1 heterocycles. The maximum atomic E-state index is 12.2. The van der Waals surface area contributed by atoms with Gasteiger partial charge in [-0.2, -0.15) is 0 Å². The molecule has 0 fully saturated rings. The molecule has 0 spiro atoms. The average molecular weight is 337 g/mol. The van der Waals surface area contributed by atoms with E-state index in [1.807, 2.05) is 31.2 Å². The van der Waals surface area contributed by atoms with Crippen molar-refractivity contribution in [1.82, 2.24) is 15.5 Å². The number of hydrogen-bond acceptors (Lipinski definition) is 3. The van der Waals surface area contributed by atoms with Gasteiger partial charge in [0, 0.05) is 19.6 Å². The minimum Gasteiger partial charge on any atom is -0.336 e. The summed E-state index contributed by atoms with van der Waals surface area (Å²) < 4.78 is 0. The van der Waals surface area contributed by atoms with E-state index in [0.717, 1.165) is 16.0 Å². The van der Waals surface area contributed by atoms with Crippen molar-refractivity contribution in [3.63, 3.8) is 0 Å². The molecular weight excluding hydrogens is 318 g/mol. The lowest BCUT2D eigenvalue weighted by atomic mass is 10.1. The van der Waals surface area contributed by atoms with Crippen molar-refractivity contribution in [2.45, 2.75) is 13.5 Å². The van der Waals surface area contributed by atoms with Gasteiger partial charge in [-0.15, -0.1) is 0 Å². The lowest BCUT2D eigenvalue weighted by Crippen LogP contribution is -2.41. The van der Waals surface area contributed by atoms with Gasteiger partial charge in [-0.1, -0.05) is 42.0 Å². The van der Waals surface area contributed by atoms with Gasteiger partial charge in [-0.25, -0.2) is 4.79 Å². The fourth-order valence-electron chi connectivity index (χ4n) is 2.67. The third-order valence-corrected chi connectivity index (χ3v) is 4.07. The molecule has 0 atom stereocenters. The van der Waals surface area contributed by atoms with Gasteiger partial charge < -0.3 is 10.6 Å². The quantitative estimate of drug-likeness (QED) is 0.820. The molecular formula is C19H19N3O3. The molecule has 1 aliphatic rings. The Bertz CT molecular complexity index is 780. The largest absolute Gasteiger partial charge is 0.336 e. The van der Waals surface area contributed by atoms with Crippen LogP contribution in [-0.4, -0.2) is 35.8 Å². The highest BCUT2D eigenvalue weighted by atomic mass is 16.2. The Morgan fingerprint density at radius 2 is 1.52 bits per heavy atom. The summed E-state index contributed by atoms with van der Waals surface area (Å²) in [5, 5.41) is 5.41. The molecule has 0 unspecified atom stereocenters. The summed E-state index contributed by atoms with van der Waals surface area (Å²) in [6.45, 7) is 2.76. The van der Waals surface area contributed by atoms with Crippen LogP contribution in [0.3, 0.4) is 0 Å². The molecule has 6 nitrogen and oxygen atoms in total. The number of nitrogens with one attached hydrogen (secondary N) is 2. The minimum absolute atomic E-state index is 0.143. The predicted molar refractivity (Wildman–Crippen MR) is 93.2 cm³/mol. The number of nitrogens with zero attached hydrogens (tertiary/aromatic N) is 1. The smallest absolute Gasteiger partial charge is 0.315 e. The number of carbonyl (C=O) groups excluding carboxylic acids is 3. The summed E-state index contributed by atoms with van der Waals surface area (Å²) in [6, 6.07) is 14.3. The highest BCUT2D eigenvalue weighted by Gasteiger charge is 2.34. The second kappa shape index (κ2) is 7.17. The number of benzene rings is 2. The first-order chi connectivity index (χ1) is 12.1. The van der Waals surface area contributed by atoms with Crippen LogP contribution in [0.15, 0.2) is 48.5 Å². The standard InChI is InChI=1S/C19H19N3O3/c1-13-6-8-14(9-7-13)12-21-19(25)20-10-11-22-17(23)15-4-2-3-5-16(15)18(22)24/h2-9H,10-12H2,1H3,(H2,20,21,25).